The first-order valence-electron chi connectivity index (χ1n) is 5.43. The standard InChI is InChI=1S/C12H13ClF2N2/c1-2-10-7-9(13)8-11(16-10)17-5-3-12(14,15)4-6-17/h2,7-8H,1,3-6H2. The predicted molar refractivity (Wildman–Crippen MR) is 65.7 cm³/mol. The van der Waals surface area contributed by atoms with Gasteiger partial charge < -0.3 is 4.90 Å². The van der Waals surface area contributed by atoms with Gasteiger partial charge in [-0.1, -0.05) is 18.2 Å². The molecule has 1 aliphatic rings. The maximum Gasteiger partial charge on any atom is 0.251 e. The Kier molecular flexibility index (Phi) is 3.33. The average Bonchev–Trinajstić information content (AvgIpc) is 2.28. The van der Waals surface area contributed by atoms with E-state index in [-0.39, 0.29) is 12.8 Å². The van der Waals surface area contributed by atoms with Crippen molar-refractivity contribution >= 4 is 23.5 Å². The Morgan fingerprint density at radius 1 is 1.35 bits per heavy atom. The zero-order valence-electron chi connectivity index (χ0n) is 9.30. The van der Waals surface area contributed by atoms with E-state index in [2.05, 4.69) is 11.6 Å². The van der Waals surface area contributed by atoms with Crippen LogP contribution in [0.1, 0.15) is 18.5 Å². The molecule has 0 radical (unpaired) electrons. The molecular formula is C12H13ClF2N2. The van der Waals surface area contributed by atoms with E-state index in [0.29, 0.717) is 29.6 Å². The van der Waals surface area contributed by atoms with Gasteiger partial charge in [0.05, 0.1) is 5.69 Å². The van der Waals surface area contributed by atoms with Crippen molar-refractivity contribution in [1.29, 1.82) is 0 Å². The van der Waals surface area contributed by atoms with Crippen molar-refractivity contribution in [2.45, 2.75) is 18.8 Å². The van der Waals surface area contributed by atoms with Gasteiger partial charge in [-0.2, -0.15) is 0 Å². The summed E-state index contributed by atoms with van der Waals surface area (Å²) in [6.07, 6.45) is 1.32. The molecule has 0 unspecified atom stereocenters. The lowest BCUT2D eigenvalue weighted by Gasteiger charge is -2.32. The molecule has 0 bridgehead atoms. The minimum atomic E-state index is -2.55. The lowest BCUT2D eigenvalue weighted by atomic mass is 10.1. The summed E-state index contributed by atoms with van der Waals surface area (Å²) in [6, 6.07) is 3.38. The molecule has 0 atom stereocenters. The third-order valence-corrected chi connectivity index (χ3v) is 3.04. The molecule has 1 aliphatic heterocycles. The van der Waals surface area contributed by atoms with Crippen LogP contribution in [0.25, 0.3) is 6.08 Å². The van der Waals surface area contributed by atoms with Crippen LogP contribution in [-0.4, -0.2) is 24.0 Å². The van der Waals surface area contributed by atoms with Gasteiger partial charge in [0, 0.05) is 31.0 Å². The molecule has 0 aliphatic carbocycles. The highest BCUT2D eigenvalue weighted by Gasteiger charge is 2.34. The van der Waals surface area contributed by atoms with Crippen LogP contribution in [-0.2, 0) is 0 Å². The molecule has 0 spiro atoms. The molecule has 1 saturated heterocycles. The number of alkyl halides is 2. The lowest BCUT2D eigenvalue weighted by Crippen LogP contribution is -2.39. The normalized spacial score (nSPS) is 19.1. The van der Waals surface area contributed by atoms with E-state index in [9.17, 15) is 8.78 Å². The molecule has 0 saturated carbocycles. The minimum absolute atomic E-state index is 0.134. The highest BCUT2D eigenvalue weighted by atomic mass is 35.5. The lowest BCUT2D eigenvalue weighted by molar-refractivity contribution is -0.0221. The Hall–Kier alpha value is -1.16. The van der Waals surface area contributed by atoms with Crippen molar-refractivity contribution < 1.29 is 8.78 Å². The van der Waals surface area contributed by atoms with Crippen LogP contribution in [0, 0.1) is 0 Å². The van der Waals surface area contributed by atoms with Crippen molar-refractivity contribution in [2.75, 3.05) is 18.0 Å². The van der Waals surface area contributed by atoms with Gasteiger partial charge in [-0.15, -0.1) is 0 Å². The molecule has 92 valence electrons. The van der Waals surface area contributed by atoms with Crippen LogP contribution in [0.15, 0.2) is 18.7 Å². The first-order valence-corrected chi connectivity index (χ1v) is 5.81. The van der Waals surface area contributed by atoms with Crippen LogP contribution in [0.3, 0.4) is 0 Å². The van der Waals surface area contributed by atoms with Crippen molar-refractivity contribution in [1.82, 2.24) is 4.98 Å². The van der Waals surface area contributed by atoms with Gasteiger partial charge >= 0.3 is 0 Å². The smallest absolute Gasteiger partial charge is 0.251 e. The second-order valence-corrected chi connectivity index (χ2v) is 4.55. The summed E-state index contributed by atoms with van der Waals surface area (Å²) in [6.45, 7) is 4.23. The van der Waals surface area contributed by atoms with Gasteiger partial charge in [-0.05, 0) is 18.2 Å². The molecule has 2 heterocycles. The van der Waals surface area contributed by atoms with E-state index in [1.807, 2.05) is 4.90 Å². The number of anilines is 1. The first kappa shape index (κ1) is 12.3. The van der Waals surface area contributed by atoms with Gasteiger partial charge in [0.2, 0.25) is 0 Å². The molecule has 5 heteroatoms. The van der Waals surface area contributed by atoms with Gasteiger partial charge in [-0.3, -0.25) is 0 Å². The summed E-state index contributed by atoms with van der Waals surface area (Å²) in [5.41, 5.74) is 0.657. The molecular weight excluding hydrogens is 246 g/mol. The second kappa shape index (κ2) is 4.61. The topological polar surface area (TPSA) is 16.1 Å². The highest BCUT2D eigenvalue weighted by molar-refractivity contribution is 6.30. The molecule has 0 N–H and O–H groups in total. The van der Waals surface area contributed by atoms with E-state index in [0.717, 1.165) is 0 Å². The van der Waals surface area contributed by atoms with Gasteiger partial charge in [0.15, 0.2) is 0 Å². The van der Waals surface area contributed by atoms with Crippen molar-refractivity contribution in [3.05, 3.63) is 29.4 Å². The number of halogens is 3. The van der Waals surface area contributed by atoms with E-state index < -0.39 is 5.92 Å². The zero-order chi connectivity index (χ0) is 12.5. The molecule has 1 aromatic rings. The summed E-state index contributed by atoms with van der Waals surface area (Å²) in [5.74, 6) is -1.90. The van der Waals surface area contributed by atoms with Crippen molar-refractivity contribution in [3.63, 3.8) is 0 Å². The number of hydrogen-bond acceptors (Lipinski definition) is 2. The summed E-state index contributed by atoms with van der Waals surface area (Å²) in [7, 11) is 0. The van der Waals surface area contributed by atoms with Gasteiger partial charge in [-0.25, -0.2) is 13.8 Å². The zero-order valence-corrected chi connectivity index (χ0v) is 10.1. The molecule has 1 fully saturated rings. The van der Waals surface area contributed by atoms with E-state index in [1.54, 1.807) is 18.2 Å². The number of hydrogen-bond donors (Lipinski definition) is 0. The highest BCUT2D eigenvalue weighted by Crippen LogP contribution is 2.30. The molecule has 0 aromatic carbocycles. The Morgan fingerprint density at radius 3 is 2.59 bits per heavy atom. The predicted octanol–water partition coefficient (Wildman–Crippen LogP) is 3.61. The minimum Gasteiger partial charge on any atom is -0.356 e. The summed E-state index contributed by atoms with van der Waals surface area (Å²) < 4.78 is 26.1. The third-order valence-electron chi connectivity index (χ3n) is 2.82. The fraction of sp³-hybridized carbons (Fsp3) is 0.417. The largest absolute Gasteiger partial charge is 0.356 e. The number of nitrogens with zero attached hydrogens (tertiary/aromatic N) is 2. The summed E-state index contributed by atoms with van der Waals surface area (Å²) in [5, 5.41) is 0.544. The van der Waals surface area contributed by atoms with Crippen LogP contribution in [0.4, 0.5) is 14.6 Å². The van der Waals surface area contributed by atoms with Crippen molar-refractivity contribution in [2.24, 2.45) is 0 Å². The summed E-state index contributed by atoms with van der Waals surface area (Å²) >= 11 is 5.94. The Bertz CT molecular complexity index is 425. The Labute approximate surface area is 104 Å². The average molecular weight is 259 g/mol. The third kappa shape index (κ3) is 2.94. The number of pyridine rings is 1. The van der Waals surface area contributed by atoms with E-state index >= 15 is 0 Å². The Balaban J connectivity index is 2.18. The van der Waals surface area contributed by atoms with Crippen LogP contribution in [0.5, 0.6) is 0 Å². The number of aromatic nitrogens is 1. The first-order chi connectivity index (χ1) is 8.00. The van der Waals surface area contributed by atoms with Gasteiger partial charge in [0.25, 0.3) is 5.92 Å². The molecule has 17 heavy (non-hydrogen) atoms. The monoisotopic (exact) mass is 258 g/mol. The number of piperidine rings is 1. The molecule has 2 rings (SSSR count). The van der Waals surface area contributed by atoms with Gasteiger partial charge in [0.1, 0.15) is 5.82 Å². The quantitative estimate of drug-likeness (QED) is 0.806. The maximum absolute atomic E-state index is 13.0. The Morgan fingerprint density at radius 2 is 2.00 bits per heavy atom. The summed E-state index contributed by atoms with van der Waals surface area (Å²) in [4.78, 5) is 6.13. The van der Waals surface area contributed by atoms with Crippen LogP contribution < -0.4 is 4.90 Å². The molecule has 2 nitrogen and oxygen atoms in total. The molecule has 1 aromatic heterocycles. The van der Waals surface area contributed by atoms with E-state index in [4.69, 9.17) is 11.6 Å². The fourth-order valence-electron chi connectivity index (χ4n) is 1.83. The van der Waals surface area contributed by atoms with Crippen molar-refractivity contribution in [3.8, 4) is 0 Å². The van der Waals surface area contributed by atoms with Crippen LogP contribution >= 0.6 is 11.6 Å². The van der Waals surface area contributed by atoms with Crippen LogP contribution in [0.2, 0.25) is 5.02 Å². The SMILES string of the molecule is C=Cc1cc(Cl)cc(N2CCC(F)(F)CC2)n1. The fourth-order valence-corrected chi connectivity index (χ4v) is 2.04. The maximum atomic E-state index is 13.0. The second-order valence-electron chi connectivity index (χ2n) is 4.12. The van der Waals surface area contributed by atoms with E-state index in [1.165, 1.54) is 0 Å². The molecule has 0 amide bonds. The number of rotatable bonds is 2.